The van der Waals surface area contributed by atoms with Crippen LogP contribution < -0.4 is 17.7 Å². The molecule has 0 aromatic heterocycles. The van der Waals surface area contributed by atoms with Crippen molar-refractivity contribution in [3.63, 3.8) is 0 Å². The van der Waals surface area contributed by atoms with E-state index < -0.39 is 0 Å². The number of hydrogen-bond acceptors (Lipinski definition) is 0. The lowest BCUT2D eigenvalue weighted by Gasteiger charge is -2.21. The predicted molar refractivity (Wildman–Crippen MR) is 70.8 cm³/mol. The van der Waals surface area contributed by atoms with Crippen molar-refractivity contribution < 1.29 is 17.7 Å². The molecular weight excluding hydrogens is 242 g/mol. The van der Waals surface area contributed by atoms with Crippen LogP contribution in [0.1, 0.15) is 24.1 Å². The summed E-state index contributed by atoms with van der Waals surface area (Å²) in [6.45, 7) is 3.52. The molecule has 1 atom stereocenters. The summed E-state index contributed by atoms with van der Waals surface area (Å²) in [4.78, 5) is 0. The van der Waals surface area contributed by atoms with Crippen LogP contribution in [0.5, 0.6) is 0 Å². The first-order valence-corrected chi connectivity index (χ1v) is 6.36. The van der Waals surface area contributed by atoms with Crippen LogP contribution in [0.3, 0.4) is 0 Å². The fraction of sp³-hybridized carbons (Fsp3) is 0.250. The molecular formula is C16H18ClN. The standard InChI is InChI=1S/C16H17N.ClH/c1-12-16-11-15(13-5-3-2-4-6-13)8-7-14(16)9-10-17-12;/h2-8,11-12,17H,9-10H2,1H3;1H. The summed E-state index contributed by atoms with van der Waals surface area (Å²) in [7, 11) is 0. The Morgan fingerprint density at radius 3 is 2.56 bits per heavy atom. The van der Waals surface area contributed by atoms with Crippen molar-refractivity contribution in [2.75, 3.05) is 6.54 Å². The normalized spacial score (nSPS) is 17.7. The molecule has 2 heteroatoms. The van der Waals surface area contributed by atoms with Crippen LogP contribution in [0.15, 0.2) is 48.5 Å². The van der Waals surface area contributed by atoms with Gasteiger partial charge in [-0.05, 0) is 29.7 Å². The third-order valence-electron chi connectivity index (χ3n) is 3.68. The van der Waals surface area contributed by atoms with Gasteiger partial charge in [0.1, 0.15) is 6.04 Å². The lowest BCUT2D eigenvalue weighted by Crippen LogP contribution is -3.00. The highest BCUT2D eigenvalue weighted by molar-refractivity contribution is 5.65. The van der Waals surface area contributed by atoms with E-state index in [9.17, 15) is 0 Å². The van der Waals surface area contributed by atoms with Gasteiger partial charge < -0.3 is 17.7 Å². The van der Waals surface area contributed by atoms with Crippen LogP contribution in [0.25, 0.3) is 11.1 Å². The number of rotatable bonds is 1. The Balaban J connectivity index is 0.00000120. The van der Waals surface area contributed by atoms with E-state index in [1.165, 1.54) is 35.2 Å². The Kier molecular flexibility index (Phi) is 4.05. The smallest absolute Gasteiger partial charge is 0.109 e. The second-order valence-electron chi connectivity index (χ2n) is 4.84. The molecule has 2 aromatic carbocycles. The summed E-state index contributed by atoms with van der Waals surface area (Å²) in [6, 6.07) is 18.2. The highest BCUT2D eigenvalue weighted by atomic mass is 35.5. The van der Waals surface area contributed by atoms with Crippen molar-refractivity contribution in [2.45, 2.75) is 19.4 Å². The molecule has 0 saturated carbocycles. The van der Waals surface area contributed by atoms with Crippen molar-refractivity contribution in [1.29, 1.82) is 0 Å². The van der Waals surface area contributed by atoms with Gasteiger partial charge in [-0.15, -0.1) is 0 Å². The average molecular weight is 260 g/mol. The van der Waals surface area contributed by atoms with Gasteiger partial charge >= 0.3 is 0 Å². The molecule has 18 heavy (non-hydrogen) atoms. The van der Waals surface area contributed by atoms with Gasteiger partial charge in [-0.2, -0.15) is 0 Å². The maximum absolute atomic E-state index is 2.43. The van der Waals surface area contributed by atoms with Gasteiger partial charge in [0.05, 0.1) is 6.54 Å². The number of nitrogens with two attached hydrogens (primary N) is 1. The molecule has 1 aliphatic rings. The van der Waals surface area contributed by atoms with Gasteiger partial charge in [-0.1, -0.05) is 42.5 Å². The number of hydrogen-bond donors (Lipinski definition) is 1. The lowest BCUT2D eigenvalue weighted by molar-refractivity contribution is -0.695. The summed E-state index contributed by atoms with van der Waals surface area (Å²) in [5.74, 6) is 0. The minimum atomic E-state index is 0. The van der Waals surface area contributed by atoms with Gasteiger partial charge in [0.15, 0.2) is 0 Å². The third-order valence-corrected chi connectivity index (χ3v) is 3.68. The highest BCUT2D eigenvalue weighted by Gasteiger charge is 2.19. The quantitative estimate of drug-likeness (QED) is 0.714. The number of benzene rings is 2. The Bertz CT molecular complexity index is 522. The SMILES string of the molecule is CC1[NH2+]CCc2ccc(-c3ccccc3)cc21.[Cl-]. The van der Waals surface area contributed by atoms with E-state index in [0.717, 1.165) is 0 Å². The molecule has 0 aliphatic carbocycles. The Morgan fingerprint density at radius 1 is 1.00 bits per heavy atom. The van der Waals surface area contributed by atoms with Gasteiger partial charge in [-0.3, -0.25) is 0 Å². The van der Waals surface area contributed by atoms with E-state index in [0.29, 0.717) is 6.04 Å². The molecule has 1 heterocycles. The summed E-state index contributed by atoms with van der Waals surface area (Å²) >= 11 is 0. The number of fused-ring (bicyclic) bond motifs is 1. The molecule has 0 amide bonds. The average Bonchev–Trinajstić information content (AvgIpc) is 2.40. The molecule has 2 N–H and O–H groups in total. The van der Waals surface area contributed by atoms with Crippen LogP contribution in [0.2, 0.25) is 0 Å². The van der Waals surface area contributed by atoms with Crippen molar-refractivity contribution in [1.82, 2.24) is 0 Å². The van der Waals surface area contributed by atoms with E-state index in [4.69, 9.17) is 0 Å². The van der Waals surface area contributed by atoms with Crippen LogP contribution in [-0.2, 0) is 6.42 Å². The summed E-state index contributed by atoms with van der Waals surface area (Å²) in [5, 5.41) is 2.43. The second-order valence-corrected chi connectivity index (χ2v) is 4.84. The Labute approximate surface area is 115 Å². The minimum Gasteiger partial charge on any atom is -1.00 e. The molecule has 94 valence electrons. The van der Waals surface area contributed by atoms with E-state index in [-0.39, 0.29) is 12.4 Å². The van der Waals surface area contributed by atoms with Gasteiger partial charge in [0.2, 0.25) is 0 Å². The van der Waals surface area contributed by atoms with E-state index in [2.05, 4.69) is 60.8 Å². The zero-order chi connectivity index (χ0) is 11.7. The van der Waals surface area contributed by atoms with Crippen LogP contribution in [-0.4, -0.2) is 6.54 Å². The fourth-order valence-corrected chi connectivity index (χ4v) is 2.67. The van der Waals surface area contributed by atoms with Crippen LogP contribution in [0, 0.1) is 0 Å². The Hall–Kier alpha value is -1.31. The second kappa shape index (κ2) is 5.55. The molecule has 1 unspecified atom stereocenters. The van der Waals surface area contributed by atoms with Crippen LogP contribution in [0.4, 0.5) is 0 Å². The van der Waals surface area contributed by atoms with E-state index in [1.807, 2.05) is 0 Å². The number of quaternary nitrogens is 1. The molecule has 0 bridgehead atoms. The van der Waals surface area contributed by atoms with Crippen molar-refractivity contribution >= 4 is 0 Å². The van der Waals surface area contributed by atoms with Crippen molar-refractivity contribution in [3.05, 3.63) is 59.7 Å². The zero-order valence-electron chi connectivity index (χ0n) is 10.6. The molecule has 0 radical (unpaired) electrons. The fourth-order valence-electron chi connectivity index (χ4n) is 2.67. The first-order chi connectivity index (χ1) is 8.34. The molecule has 1 aliphatic heterocycles. The first-order valence-electron chi connectivity index (χ1n) is 6.36. The topological polar surface area (TPSA) is 16.6 Å². The Morgan fingerprint density at radius 2 is 1.78 bits per heavy atom. The molecule has 0 fully saturated rings. The summed E-state index contributed by atoms with van der Waals surface area (Å²) in [5.41, 5.74) is 5.69. The molecule has 3 rings (SSSR count). The van der Waals surface area contributed by atoms with Crippen molar-refractivity contribution in [2.24, 2.45) is 0 Å². The maximum Gasteiger partial charge on any atom is 0.109 e. The maximum atomic E-state index is 2.43. The summed E-state index contributed by atoms with van der Waals surface area (Å²) < 4.78 is 0. The molecule has 2 aromatic rings. The number of halogens is 1. The first kappa shape index (κ1) is 13.1. The van der Waals surface area contributed by atoms with E-state index in [1.54, 1.807) is 0 Å². The monoisotopic (exact) mass is 259 g/mol. The van der Waals surface area contributed by atoms with E-state index >= 15 is 0 Å². The predicted octanol–water partition coefficient (Wildman–Crippen LogP) is -0.462. The third kappa shape index (κ3) is 2.43. The van der Waals surface area contributed by atoms with Gasteiger partial charge in [-0.25, -0.2) is 0 Å². The minimum absolute atomic E-state index is 0. The van der Waals surface area contributed by atoms with Crippen molar-refractivity contribution in [3.8, 4) is 11.1 Å². The zero-order valence-corrected chi connectivity index (χ0v) is 11.3. The summed E-state index contributed by atoms with van der Waals surface area (Å²) in [6.07, 6.45) is 1.20. The highest BCUT2D eigenvalue weighted by Crippen LogP contribution is 2.26. The molecule has 0 saturated heterocycles. The molecule has 0 spiro atoms. The van der Waals surface area contributed by atoms with Gasteiger partial charge in [0, 0.05) is 12.0 Å². The van der Waals surface area contributed by atoms with Crippen LogP contribution >= 0.6 is 0 Å². The van der Waals surface area contributed by atoms with Gasteiger partial charge in [0.25, 0.3) is 0 Å². The largest absolute Gasteiger partial charge is 1.00 e. The lowest BCUT2D eigenvalue weighted by atomic mass is 9.91. The molecule has 1 nitrogen and oxygen atoms in total.